The van der Waals surface area contributed by atoms with Crippen LogP contribution < -0.4 is 0 Å². The van der Waals surface area contributed by atoms with Crippen molar-refractivity contribution < 1.29 is 44.2 Å². The van der Waals surface area contributed by atoms with Crippen LogP contribution in [0.4, 0.5) is 0 Å². The summed E-state index contributed by atoms with van der Waals surface area (Å²) < 4.78 is 22.7. The van der Waals surface area contributed by atoms with Crippen LogP contribution in [0.25, 0.3) is 0 Å². The third-order valence-corrected chi connectivity index (χ3v) is 9.62. The molecule has 1 aliphatic rings. The number of esters is 1. The Kier molecular flexibility index (Phi) is 32.2. The van der Waals surface area contributed by atoms with E-state index in [9.17, 15) is 25.2 Å². The van der Waals surface area contributed by atoms with E-state index in [1.165, 1.54) is 96.3 Å². The molecule has 6 unspecified atom stereocenters. The fourth-order valence-corrected chi connectivity index (χ4v) is 6.29. The van der Waals surface area contributed by atoms with Crippen molar-refractivity contribution in [3.05, 3.63) is 24.3 Å². The Labute approximate surface area is 311 Å². The molecule has 300 valence electrons. The number of unbranched alkanes of at least 4 members (excludes halogenated alkanes) is 20. The number of rotatable bonds is 35. The molecule has 0 saturated carbocycles. The van der Waals surface area contributed by atoms with Crippen LogP contribution >= 0.6 is 0 Å². The van der Waals surface area contributed by atoms with Crippen molar-refractivity contribution in [3.8, 4) is 0 Å². The quantitative estimate of drug-likeness (QED) is 0.0288. The summed E-state index contributed by atoms with van der Waals surface area (Å²) in [4.78, 5) is 12.7. The summed E-state index contributed by atoms with van der Waals surface area (Å²) >= 11 is 0. The van der Waals surface area contributed by atoms with Crippen molar-refractivity contribution in [2.24, 2.45) is 0 Å². The second kappa shape index (κ2) is 34.4. The number of ether oxygens (including phenoxy) is 4. The van der Waals surface area contributed by atoms with Crippen LogP contribution in [0.15, 0.2) is 24.3 Å². The molecule has 0 aromatic rings. The molecule has 0 amide bonds. The summed E-state index contributed by atoms with van der Waals surface area (Å²) in [6, 6.07) is 0. The van der Waals surface area contributed by atoms with Gasteiger partial charge in [0.2, 0.25) is 0 Å². The van der Waals surface area contributed by atoms with Gasteiger partial charge in [-0.3, -0.25) is 4.79 Å². The van der Waals surface area contributed by atoms with Gasteiger partial charge in [0.1, 0.15) is 30.5 Å². The first kappa shape index (κ1) is 47.7. The number of carbonyl (C=O) groups is 1. The minimum absolute atomic E-state index is 0.116. The Morgan fingerprint density at radius 1 is 0.627 bits per heavy atom. The SMILES string of the molecule is CCCCCC/C=C\C/C=C\CCCCCCCC(=O)OC(COCCCCCCCCCCCCCC)COC1OC(CO)C(O)C(O)C1O. The van der Waals surface area contributed by atoms with Crippen LogP contribution in [0.2, 0.25) is 0 Å². The monoisotopic (exact) mass is 727 g/mol. The molecule has 1 heterocycles. The van der Waals surface area contributed by atoms with Gasteiger partial charge in [-0.15, -0.1) is 0 Å². The fraction of sp³-hybridized carbons (Fsp3) is 0.881. The molecule has 0 spiro atoms. The van der Waals surface area contributed by atoms with E-state index in [4.69, 9.17) is 18.9 Å². The van der Waals surface area contributed by atoms with Crippen LogP contribution in [0, 0.1) is 0 Å². The highest BCUT2D eigenvalue weighted by Gasteiger charge is 2.44. The van der Waals surface area contributed by atoms with Gasteiger partial charge in [-0.1, -0.05) is 147 Å². The Morgan fingerprint density at radius 2 is 1.14 bits per heavy atom. The summed E-state index contributed by atoms with van der Waals surface area (Å²) in [7, 11) is 0. The number of allylic oxidation sites excluding steroid dienone is 4. The van der Waals surface area contributed by atoms with E-state index in [0.717, 1.165) is 57.8 Å². The van der Waals surface area contributed by atoms with Crippen LogP contribution in [-0.4, -0.2) is 89.6 Å². The summed E-state index contributed by atoms with van der Waals surface area (Å²) in [5, 5.41) is 40.0. The lowest BCUT2D eigenvalue weighted by Gasteiger charge is -2.39. The van der Waals surface area contributed by atoms with E-state index in [0.29, 0.717) is 13.0 Å². The molecule has 0 aromatic carbocycles. The lowest BCUT2D eigenvalue weighted by Crippen LogP contribution is -2.59. The van der Waals surface area contributed by atoms with Gasteiger partial charge in [0.05, 0.1) is 19.8 Å². The van der Waals surface area contributed by atoms with E-state index in [1.807, 2.05) is 0 Å². The van der Waals surface area contributed by atoms with Gasteiger partial charge in [0, 0.05) is 13.0 Å². The van der Waals surface area contributed by atoms with Crippen LogP contribution in [-0.2, 0) is 23.7 Å². The van der Waals surface area contributed by atoms with Crippen molar-refractivity contribution >= 4 is 5.97 Å². The lowest BCUT2D eigenvalue weighted by atomic mass is 9.99. The molecule has 9 heteroatoms. The van der Waals surface area contributed by atoms with Crippen molar-refractivity contribution in [2.75, 3.05) is 26.4 Å². The first-order chi connectivity index (χ1) is 24.9. The summed E-state index contributed by atoms with van der Waals surface area (Å²) in [5.41, 5.74) is 0. The number of aliphatic hydroxyl groups is 4. The van der Waals surface area contributed by atoms with E-state index < -0.39 is 43.4 Å². The number of hydrogen-bond acceptors (Lipinski definition) is 9. The molecule has 1 rings (SSSR count). The van der Waals surface area contributed by atoms with Crippen molar-refractivity contribution in [1.29, 1.82) is 0 Å². The van der Waals surface area contributed by atoms with E-state index in [-0.39, 0.29) is 19.2 Å². The molecule has 1 fully saturated rings. The Morgan fingerprint density at radius 3 is 1.71 bits per heavy atom. The number of aliphatic hydroxyl groups excluding tert-OH is 4. The zero-order valence-electron chi connectivity index (χ0n) is 32.6. The molecule has 6 atom stereocenters. The highest BCUT2D eigenvalue weighted by atomic mass is 16.7. The maximum Gasteiger partial charge on any atom is 0.306 e. The second-order valence-corrected chi connectivity index (χ2v) is 14.4. The third kappa shape index (κ3) is 26.1. The van der Waals surface area contributed by atoms with Gasteiger partial charge in [-0.05, 0) is 44.9 Å². The first-order valence-electron chi connectivity index (χ1n) is 20.9. The van der Waals surface area contributed by atoms with E-state index >= 15 is 0 Å². The predicted octanol–water partition coefficient (Wildman–Crippen LogP) is 8.64. The normalized spacial score (nSPS) is 21.6. The highest BCUT2D eigenvalue weighted by molar-refractivity contribution is 5.69. The molecule has 9 nitrogen and oxygen atoms in total. The molecular weight excluding hydrogens is 648 g/mol. The molecule has 0 radical (unpaired) electrons. The maximum atomic E-state index is 12.7. The average molecular weight is 727 g/mol. The van der Waals surface area contributed by atoms with Gasteiger partial charge < -0.3 is 39.4 Å². The Balaban J connectivity index is 2.31. The summed E-state index contributed by atoms with van der Waals surface area (Å²) in [5.74, 6) is -0.326. The zero-order valence-corrected chi connectivity index (χ0v) is 32.6. The molecule has 4 N–H and O–H groups in total. The number of hydrogen-bond donors (Lipinski definition) is 4. The molecule has 1 aliphatic heterocycles. The van der Waals surface area contributed by atoms with E-state index in [2.05, 4.69) is 38.2 Å². The lowest BCUT2D eigenvalue weighted by molar-refractivity contribution is -0.305. The fourth-order valence-electron chi connectivity index (χ4n) is 6.29. The minimum Gasteiger partial charge on any atom is -0.457 e. The highest BCUT2D eigenvalue weighted by Crippen LogP contribution is 2.22. The molecule has 1 saturated heterocycles. The smallest absolute Gasteiger partial charge is 0.306 e. The van der Waals surface area contributed by atoms with Gasteiger partial charge in [-0.2, -0.15) is 0 Å². The third-order valence-electron chi connectivity index (χ3n) is 9.62. The topological polar surface area (TPSA) is 135 Å². The second-order valence-electron chi connectivity index (χ2n) is 14.4. The Bertz CT molecular complexity index is 833. The molecule has 0 aliphatic carbocycles. The van der Waals surface area contributed by atoms with Crippen molar-refractivity contribution in [2.45, 2.75) is 211 Å². The van der Waals surface area contributed by atoms with Gasteiger partial charge in [-0.25, -0.2) is 0 Å². The van der Waals surface area contributed by atoms with Gasteiger partial charge in [0.15, 0.2) is 6.29 Å². The van der Waals surface area contributed by atoms with Gasteiger partial charge >= 0.3 is 5.97 Å². The zero-order chi connectivity index (χ0) is 37.2. The molecule has 0 aromatic heterocycles. The largest absolute Gasteiger partial charge is 0.457 e. The van der Waals surface area contributed by atoms with E-state index in [1.54, 1.807) is 0 Å². The maximum absolute atomic E-state index is 12.7. The molecule has 51 heavy (non-hydrogen) atoms. The standard InChI is InChI=1S/C42H78O9/c1-3-5-7-9-11-13-15-17-18-19-20-21-23-25-27-29-31-38(44)50-36(35-49-42-41(47)40(46)39(45)37(33-43)51-42)34-48-32-30-28-26-24-22-16-14-12-10-8-6-4-2/h13,15,18-19,36-37,39-43,45-47H,3-12,14,16-17,20-35H2,1-2H3/b15-13-,19-18-. The first-order valence-corrected chi connectivity index (χ1v) is 20.9. The summed E-state index contributed by atoms with van der Waals surface area (Å²) in [6.45, 7) is 4.53. The van der Waals surface area contributed by atoms with Crippen LogP contribution in [0.3, 0.4) is 0 Å². The summed E-state index contributed by atoms with van der Waals surface area (Å²) in [6.07, 6.45) is 30.5. The molecular formula is C42H78O9. The Hall–Kier alpha value is -1.33. The predicted molar refractivity (Wildman–Crippen MR) is 205 cm³/mol. The van der Waals surface area contributed by atoms with Crippen molar-refractivity contribution in [1.82, 2.24) is 0 Å². The molecule has 0 bridgehead atoms. The van der Waals surface area contributed by atoms with Crippen LogP contribution in [0.1, 0.15) is 174 Å². The minimum atomic E-state index is -1.54. The van der Waals surface area contributed by atoms with Crippen molar-refractivity contribution in [3.63, 3.8) is 0 Å². The average Bonchev–Trinajstić information content (AvgIpc) is 3.13. The van der Waals surface area contributed by atoms with Gasteiger partial charge in [0.25, 0.3) is 0 Å². The van der Waals surface area contributed by atoms with Crippen LogP contribution in [0.5, 0.6) is 0 Å². The number of carbonyl (C=O) groups excluding carboxylic acids is 1.